The number of carbonyl (C=O) groups excluding carboxylic acids is 1. The van der Waals surface area contributed by atoms with E-state index in [9.17, 15) is 28.2 Å². The van der Waals surface area contributed by atoms with E-state index in [-0.39, 0.29) is 37.1 Å². The summed E-state index contributed by atoms with van der Waals surface area (Å²) in [6, 6.07) is 10.8. The Morgan fingerprint density at radius 2 is 1.86 bits per heavy atom. The van der Waals surface area contributed by atoms with Gasteiger partial charge in [-0.3, -0.25) is 0 Å². The number of hydrogen-bond donors (Lipinski definition) is 2. The Morgan fingerprint density at radius 1 is 1.11 bits per heavy atom. The molecule has 36 heavy (non-hydrogen) atoms. The molecule has 0 fully saturated rings. The van der Waals surface area contributed by atoms with Crippen LogP contribution in [0.4, 0.5) is 13.2 Å². The van der Waals surface area contributed by atoms with Crippen molar-refractivity contribution in [2.75, 3.05) is 26.9 Å². The first-order valence-corrected chi connectivity index (χ1v) is 12.0. The van der Waals surface area contributed by atoms with Gasteiger partial charge in [0, 0.05) is 33.7 Å². The number of thiophene rings is 1. The van der Waals surface area contributed by atoms with E-state index in [1.807, 2.05) is 0 Å². The van der Waals surface area contributed by atoms with E-state index in [1.165, 1.54) is 30.6 Å². The van der Waals surface area contributed by atoms with Crippen molar-refractivity contribution in [1.29, 1.82) is 0 Å². The summed E-state index contributed by atoms with van der Waals surface area (Å²) in [6.07, 6.45) is -3.66. The van der Waals surface area contributed by atoms with Crippen molar-refractivity contribution in [1.82, 2.24) is 0 Å². The standard InChI is InChI=1S/C26H27F3O6S/c1-3-25(32)35-15-18(31)6-4-16(13-30)14-34-20-7-5-17-10-24(36-23(17)12-20)21-9-8-19(33-2)11-22(21)26(27,28)29/h3,5,7-12,16,18,30-31H,1,4,6,13-15H2,2H3. The Kier molecular flexibility index (Phi) is 9.36. The lowest BCUT2D eigenvalue weighted by Gasteiger charge is -2.17. The number of aliphatic hydroxyl groups excluding tert-OH is 2. The second-order valence-electron chi connectivity index (χ2n) is 8.14. The second kappa shape index (κ2) is 12.2. The van der Waals surface area contributed by atoms with Crippen LogP contribution >= 0.6 is 11.3 Å². The molecule has 0 aliphatic heterocycles. The van der Waals surface area contributed by atoms with Crippen LogP contribution in [-0.2, 0) is 15.7 Å². The molecule has 0 amide bonds. The number of rotatable bonds is 12. The van der Waals surface area contributed by atoms with Crippen molar-refractivity contribution in [3.63, 3.8) is 0 Å². The number of hydrogen-bond acceptors (Lipinski definition) is 7. The lowest BCUT2D eigenvalue weighted by Crippen LogP contribution is -2.22. The molecule has 10 heteroatoms. The molecule has 0 aliphatic rings. The monoisotopic (exact) mass is 524 g/mol. The fourth-order valence-electron chi connectivity index (χ4n) is 3.52. The van der Waals surface area contributed by atoms with E-state index >= 15 is 0 Å². The summed E-state index contributed by atoms with van der Waals surface area (Å²) in [5, 5.41) is 20.4. The van der Waals surface area contributed by atoms with Crippen molar-refractivity contribution in [3.8, 4) is 21.9 Å². The predicted molar refractivity (Wildman–Crippen MR) is 131 cm³/mol. The summed E-state index contributed by atoms with van der Waals surface area (Å²) in [6.45, 7) is 3.13. The van der Waals surface area contributed by atoms with Crippen LogP contribution in [0, 0.1) is 5.92 Å². The zero-order valence-corrected chi connectivity index (χ0v) is 20.4. The Labute approximate surface area is 210 Å². The summed E-state index contributed by atoms with van der Waals surface area (Å²) < 4.78 is 57.3. The van der Waals surface area contributed by atoms with E-state index in [0.29, 0.717) is 23.5 Å². The van der Waals surface area contributed by atoms with Crippen LogP contribution in [0.3, 0.4) is 0 Å². The fraction of sp³-hybridized carbons (Fsp3) is 0.346. The van der Waals surface area contributed by atoms with Gasteiger partial charge in [-0.25, -0.2) is 4.79 Å². The number of ether oxygens (including phenoxy) is 3. The second-order valence-corrected chi connectivity index (χ2v) is 9.23. The maximum absolute atomic E-state index is 13.7. The molecule has 0 radical (unpaired) electrons. The highest BCUT2D eigenvalue weighted by atomic mass is 32.1. The number of fused-ring (bicyclic) bond motifs is 1. The average molecular weight is 525 g/mol. The lowest BCUT2D eigenvalue weighted by atomic mass is 10.0. The van der Waals surface area contributed by atoms with Crippen LogP contribution in [0.5, 0.6) is 11.5 Å². The molecular formula is C26H27F3O6S. The Morgan fingerprint density at radius 3 is 2.53 bits per heavy atom. The highest BCUT2D eigenvalue weighted by Gasteiger charge is 2.34. The van der Waals surface area contributed by atoms with E-state index in [0.717, 1.165) is 22.2 Å². The third-order valence-corrected chi connectivity index (χ3v) is 6.66. The largest absolute Gasteiger partial charge is 0.497 e. The van der Waals surface area contributed by atoms with Crippen LogP contribution in [0.1, 0.15) is 18.4 Å². The van der Waals surface area contributed by atoms with Crippen LogP contribution in [0.25, 0.3) is 20.5 Å². The zero-order valence-electron chi connectivity index (χ0n) is 19.6. The molecule has 0 aliphatic carbocycles. The predicted octanol–water partition coefficient (Wildman–Crippen LogP) is 5.45. The van der Waals surface area contributed by atoms with Crippen LogP contribution in [-0.4, -0.2) is 49.2 Å². The molecule has 2 N–H and O–H groups in total. The lowest BCUT2D eigenvalue weighted by molar-refractivity contribution is -0.141. The van der Waals surface area contributed by atoms with Gasteiger partial charge in [0.2, 0.25) is 0 Å². The molecule has 1 aromatic heterocycles. The summed E-state index contributed by atoms with van der Waals surface area (Å²) in [4.78, 5) is 11.5. The Hall–Kier alpha value is -3.08. The first kappa shape index (κ1) is 27.5. The first-order valence-electron chi connectivity index (χ1n) is 11.1. The van der Waals surface area contributed by atoms with E-state index < -0.39 is 23.8 Å². The molecule has 0 saturated carbocycles. The zero-order chi connectivity index (χ0) is 26.3. The summed E-state index contributed by atoms with van der Waals surface area (Å²) in [5.41, 5.74) is -0.693. The van der Waals surface area contributed by atoms with E-state index in [4.69, 9.17) is 14.2 Å². The number of halogens is 3. The number of benzene rings is 2. The number of carbonyl (C=O) groups is 1. The molecule has 2 atom stereocenters. The molecule has 3 rings (SSSR count). The molecule has 0 saturated heterocycles. The maximum atomic E-state index is 13.7. The van der Waals surface area contributed by atoms with Gasteiger partial charge in [0.05, 0.1) is 25.4 Å². The van der Waals surface area contributed by atoms with Crippen LogP contribution in [0.15, 0.2) is 55.1 Å². The minimum absolute atomic E-state index is 0.0737. The maximum Gasteiger partial charge on any atom is 0.417 e. The molecule has 3 aromatic rings. The number of aliphatic hydroxyl groups is 2. The molecule has 0 spiro atoms. The summed E-state index contributed by atoms with van der Waals surface area (Å²) >= 11 is 1.22. The van der Waals surface area contributed by atoms with Gasteiger partial charge in [-0.05, 0) is 60.7 Å². The van der Waals surface area contributed by atoms with Gasteiger partial charge < -0.3 is 24.4 Å². The van der Waals surface area contributed by atoms with Gasteiger partial charge in [-0.15, -0.1) is 11.3 Å². The minimum Gasteiger partial charge on any atom is -0.497 e. The molecule has 1 heterocycles. The van der Waals surface area contributed by atoms with Crippen molar-refractivity contribution < 1.29 is 42.4 Å². The van der Waals surface area contributed by atoms with Crippen LogP contribution < -0.4 is 9.47 Å². The number of alkyl halides is 3. The Bertz CT molecular complexity index is 1190. The van der Waals surface area contributed by atoms with Gasteiger partial charge >= 0.3 is 12.1 Å². The van der Waals surface area contributed by atoms with Gasteiger partial charge in [-0.1, -0.05) is 6.58 Å². The third kappa shape index (κ3) is 7.22. The summed E-state index contributed by atoms with van der Waals surface area (Å²) in [5.74, 6) is -0.241. The van der Waals surface area contributed by atoms with Crippen molar-refractivity contribution >= 4 is 27.4 Å². The quantitative estimate of drug-likeness (QED) is 0.242. The molecule has 2 aromatic carbocycles. The SMILES string of the molecule is C=CC(=O)OCC(O)CCC(CO)COc1ccc2cc(-c3ccc(OC)cc3C(F)(F)F)sc2c1. The number of esters is 1. The molecular weight excluding hydrogens is 497 g/mol. The van der Waals surface area contributed by atoms with Gasteiger partial charge in [0.15, 0.2) is 0 Å². The molecule has 194 valence electrons. The highest BCUT2D eigenvalue weighted by molar-refractivity contribution is 7.22. The highest BCUT2D eigenvalue weighted by Crippen LogP contribution is 2.43. The smallest absolute Gasteiger partial charge is 0.417 e. The van der Waals surface area contributed by atoms with Gasteiger partial charge in [-0.2, -0.15) is 13.2 Å². The van der Waals surface area contributed by atoms with Crippen molar-refractivity contribution in [2.45, 2.75) is 25.1 Å². The fourth-order valence-corrected chi connectivity index (χ4v) is 4.65. The van der Waals surface area contributed by atoms with Crippen molar-refractivity contribution in [2.24, 2.45) is 5.92 Å². The van der Waals surface area contributed by atoms with Crippen LogP contribution in [0.2, 0.25) is 0 Å². The topological polar surface area (TPSA) is 85.2 Å². The normalized spacial score (nSPS) is 13.3. The summed E-state index contributed by atoms with van der Waals surface area (Å²) in [7, 11) is 1.32. The average Bonchev–Trinajstić information content (AvgIpc) is 3.29. The molecule has 6 nitrogen and oxygen atoms in total. The van der Waals surface area contributed by atoms with E-state index in [2.05, 4.69) is 6.58 Å². The first-order chi connectivity index (χ1) is 17.1. The van der Waals surface area contributed by atoms with Gasteiger partial charge in [0.25, 0.3) is 0 Å². The number of methoxy groups -OCH3 is 1. The Balaban J connectivity index is 1.67. The van der Waals surface area contributed by atoms with E-state index in [1.54, 1.807) is 24.3 Å². The van der Waals surface area contributed by atoms with Gasteiger partial charge in [0.1, 0.15) is 18.1 Å². The minimum atomic E-state index is -4.53. The third-order valence-electron chi connectivity index (χ3n) is 5.53. The van der Waals surface area contributed by atoms with Crippen molar-refractivity contribution in [3.05, 3.63) is 60.7 Å². The molecule has 2 unspecified atom stereocenters. The molecule has 0 bridgehead atoms.